The van der Waals surface area contributed by atoms with Crippen LogP contribution in [0.4, 0.5) is 0 Å². The maximum Gasteiger partial charge on any atom is 0.119 e. The molecular formula is C17H29NO2S. The van der Waals surface area contributed by atoms with Gasteiger partial charge in [0, 0.05) is 6.54 Å². The van der Waals surface area contributed by atoms with Crippen LogP contribution in [-0.2, 0) is 0 Å². The minimum atomic E-state index is -0.456. The topological polar surface area (TPSA) is 41.5 Å². The number of hydrogen-bond acceptors (Lipinski definition) is 4. The first-order chi connectivity index (χ1) is 10.2. The van der Waals surface area contributed by atoms with Crippen LogP contribution in [0.5, 0.6) is 5.75 Å². The Hall–Kier alpha value is -0.710. The van der Waals surface area contributed by atoms with Crippen molar-refractivity contribution in [3.05, 3.63) is 29.8 Å². The molecule has 120 valence electrons. The zero-order valence-corrected chi connectivity index (χ0v) is 14.1. The standard InChI is InChI=1S/C17H29NO2S/c1-15-7-9-17(10-8-15)20-14-16(19)13-18-11-5-3-4-6-12-21-2/h7-10,16,18-19H,3-6,11-14H2,1-2H3. The summed E-state index contributed by atoms with van der Waals surface area (Å²) in [7, 11) is 0. The number of aliphatic hydroxyl groups excluding tert-OH is 1. The van der Waals surface area contributed by atoms with E-state index in [9.17, 15) is 5.11 Å². The SMILES string of the molecule is CSCCCCCCNCC(O)COc1ccc(C)cc1. The monoisotopic (exact) mass is 311 g/mol. The normalized spacial score (nSPS) is 12.3. The van der Waals surface area contributed by atoms with E-state index in [2.05, 4.69) is 11.6 Å². The van der Waals surface area contributed by atoms with Crippen molar-refractivity contribution >= 4 is 11.8 Å². The molecule has 0 fully saturated rings. The fraction of sp³-hybridized carbons (Fsp3) is 0.647. The lowest BCUT2D eigenvalue weighted by Crippen LogP contribution is -2.32. The lowest BCUT2D eigenvalue weighted by Gasteiger charge is -2.13. The first-order valence-corrected chi connectivity index (χ1v) is 9.19. The van der Waals surface area contributed by atoms with Crippen molar-refractivity contribution in [3.8, 4) is 5.75 Å². The first kappa shape index (κ1) is 18.3. The molecule has 0 heterocycles. The summed E-state index contributed by atoms with van der Waals surface area (Å²) in [4.78, 5) is 0. The number of hydrogen-bond donors (Lipinski definition) is 2. The van der Waals surface area contributed by atoms with Crippen molar-refractivity contribution in [1.82, 2.24) is 5.32 Å². The van der Waals surface area contributed by atoms with Crippen LogP contribution in [0.1, 0.15) is 31.2 Å². The van der Waals surface area contributed by atoms with Gasteiger partial charge >= 0.3 is 0 Å². The minimum Gasteiger partial charge on any atom is -0.491 e. The van der Waals surface area contributed by atoms with Crippen LogP contribution in [0, 0.1) is 6.92 Å². The molecule has 0 saturated carbocycles. The van der Waals surface area contributed by atoms with Gasteiger partial charge in [-0.1, -0.05) is 30.5 Å². The van der Waals surface area contributed by atoms with Crippen LogP contribution >= 0.6 is 11.8 Å². The molecule has 0 aliphatic carbocycles. The van der Waals surface area contributed by atoms with Crippen LogP contribution in [-0.4, -0.2) is 42.9 Å². The van der Waals surface area contributed by atoms with Gasteiger partial charge in [-0.2, -0.15) is 11.8 Å². The summed E-state index contributed by atoms with van der Waals surface area (Å²) in [5, 5.41) is 13.1. The summed E-state index contributed by atoms with van der Waals surface area (Å²) < 4.78 is 5.55. The van der Waals surface area contributed by atoms with E-state index < -0.39 is 6.10 Å². The first-order valence-electron chi connectivity index (χ1n) is 7.79. The van der Waals surface area contributed by atoms with Crippen molar-refractivity contribution in [2.75, 3.05) is 31.7 Å². The van der Waals surface area contributed by atoms with Gasteiger partial charge in [0.1, 0.15) is 18.5 Å². The highest BCUT2D eigenvalue weighted by Crippen LogP contribution is 2.11. The van der Waals surface area contributed by atoms with Crippen molar-refractivity contribution in [1.29, 1.82) is 0 Å². The van der Waals surface area contributed by atoms with Gasteiger partial charge in [0.05, 0.1) is 0 Å². The third-order valence-corrected chi connectivity index (χ3v) is 3.99. The molecule has 1 rings (SSSR count). The number of aliphatic hydroxyl groups is 1. The molecule has 1 unspecified atom stereocenters. The Morgan fingerprint density at radius 2 is 1.86 bits per heavy atom. The number of nitrogens with one attached hydrogen (secondary N) is 1. The highest BCUT2D eigenvalue weighted by Gasteiger charge is 2.04. The molecule has 4 heteroatoms. The van der Waals surface area contributed by atoms with Crippen molar-refractivity contribution < 1.29 is 9.84 Å². The van der Waals surface area contributed by atoms with Gasteiger partial charge in [0.2, 0.25) is 0 Å². The largest absolute Gasteiger partial charge is 0.491 e. The zero-order valence-electron chi connectivity index (χ0n) is 13.3. The Bertz CT molecular complexity index is 356. The molecule has 21 heavy (non-hydrogen) atoms. The maximum absolute atomic E-state index is 9.85. The van der Waals surface area contributed by atoms with Crippen molar-refractivity contribution in [3.63, 3.8) is 0 Å². The van der Waals surface area contributed by atoms with Crippen LogP contribution in [0.3, 0.4) is 0 Å². The van der Waals surface area contributed by atoms with E-state index in [4.69, 9.17) is 4.74 Å². The van der Waals surface area contributed by atoms with E-state index in [0.29, 0.717) is 13.2 Å². The maximum atomic E-state index is 9.85. The quantitative estimate of drug-likeness (QED) is 0.582. The van der Waals surface area contributed by atoms with Gasteiger partial charge in [-0.05, 0) is 50.5 Å². The molecule has 0 spiro atoms. The molecule has 0 aliphatic heterocycles. The molecule has 0 radical (unpaired) electrons. The van der Waals surface area contributed by atoms with Gasteiger partial charge in [-0.15, -0.1) is 0 Å². The summed E-state index contributed by atoms with van der Waals surface area (Å²) in [6.07, 6.45) is 6.77. The minimum absolute atomic E-state index is 0.337. The van der Waals surface area contributed by atoms with Gasteiger partial charge in [-0.25, -0.2) is 0 Å². The molecule has 0 aliphatic rings. The smallest absolute Gasteiger partial charge is 0.119 e. The van der Waals surface area contributed by atoms with Crippen molar-refractivity contribution in [2.45, 2.75) is 38.7 Å². The highest BCUT2D eigenvalue weighted by molar-refractivity contribution is 7.98. The third-order valence-electron chi connectivity index (χ3n) is 3.30. The molecular weight excluding hydrogens is 282 g/mol. The molecule has 0 aromatic heterocycles. The highest BCUT2D eigenvalue weighted by atomic mass is 32.2. The number of aryl methyl sites for hydroxylation is 1. The number of ether oxygens (including phenoxy) is 1. The molecule has 0 bridgehead atoms. The number of rotatable bonds is 12. The average molecular weight is 311 g/mol. The van der Waals surface area contributed by atoms with E-state index in [1.807, 2.05) is 43.0 Å². The van der Waals surface area contributed by atoms with Gasteiger partial charge in [0.25, 0.3) is 0 Å². The van der Waals surface area contributed by atoms with Crippen LogP contribution in [0.15, 0.2) is 24.3 Å². The van der Waals surface area contributed by atoms with E-state index in [1.165, 1.54) is 37.0 Å². The number of benzene rings is 1. The van der Waals surface area contributed by atoms with Crippen molar-refractivity contribution in [2.24, 2.45) is 0 Å². The lowest BCUT2D eigenvalue weighted by molar-refractivity contribution is 0.106. The lowest BCUT2D eigenvalue weighted by atomic mass is 10.2. The second kappa shape index (κ2) is 11.9. The van der Waals surface area contributed by atoms with Gasteiger partial charge < -0.3 is 15.2 Å². The Labute approximate surface area is 133 Å². The molecule has 0 amide bonds. The van der Waals surface area contributed by atoms with E-state index in [0.717, 1.165) is 12.3 Å². The summed E-state index contributed by atoms with van der Waals surface area (Å²) in [6.45, 7) is 3.95. The number of thioether (sulfide) groups is 1. The molecule has 0 saturated heterocycles. The predicted octanol–water partition coefficient (Wildman–Crippen LogP) is 3.25. The fourth-order valence-electron chi connectivity index (χ4n) is 2.00. The average Bonchev–Trinajstić information content (AvgIpc) is 2.49. The Morgan fingerprint density at radius 1 is 1.14 bits per heavy atom. The zero-order chi connectivity index (χ0) is 15.3. The summed E-state index contributed by atoms with van der Waals surface area (Å²) in [5.74, 6) is 2.08. The second-order valence-corrected chi connectivity index (χ2v) is 6.37. The fourth-order valence-corrected chi connectivity index (χ4v) is 2.50. The molecule has 1 aromatic carbocycles. The molecule has 1 aromatic rings. The van der Waals surface area contributed by atoms with Gasteiger partial charge in [-0.3, -0.25) is 0 Å². The molecule has 3 nitrogen and oxygen atoms in total. The van der Waals surface area contributed by atoms with Crippen LogP contribution in [0.25, 0.3) is 0 Å². The molecule has 1 atom stereocenters. The summed E-state index contributed by atoms with van der Waals surface area (Å²) >= 11 is 1.92. The Kier molecular flexibility index (Phi) is 10.4. The van der Waals surface area contributed by atoms with Crippen LogP contribution < -0.4 is 10.1 Å². The van der Waals surface area contributed by atoms with Gasteiger partial charge in [0.15, 0.2) is 0 Å². The Morgan fingerprint density at radius 3 is 2.57 bits per heavy atom. The van der Waals surface area contributed by atoms with E-state index in [-0.39, 0.29) is 0 Å². The second-order valence-electron chi connectivity index (χ2n) is 5.39. The van der Waals surface area contributed by atoms with E-state index >= 15 is 0 Å². The number of unbranched alkanes of at least 4 members (excludes halogenated alkanes) is 3. The predicted molar refractivity (Wildman–Crippen MR) is 92.4 cm³/mol. The Balaban J connectivity index is 1.96. The summed E-state index contributed by atoms with van der Waals surface area (Å²) in [6, 6.07) is 7.89. The molecule has 2 N–H and O–H groups in total. The van der Waals surface area contributed by atoms with Crippen LogP contribution in [0.2, 0.25) is 0 Å². The summed E-state index contributed by atoms with van der Waals surface area (Å²) in [5.41, 5.74) is 1.21. The third kappa shape index (κ3) is 9.77. The van der Waals surface area contributed by atoms with E-state index in [1.54, 1.807) is 0 Å².